The predicted octanol–water partition coefficient (Wildman–Crippen LogP) is 2.09. The van der Waals surface area contributed by atoms with Gasteiger partial charge in [-0.25, -0.2) is 4.98 Å². The van der Waals surface area contributed by atoms with Crippen LogP contribution in [0.3, 0.4) is 0 Å². The van der Waals surface area contributed by atoms with Gasteiger partial charge in [0.15, 0.2) is 0 Å². The van der Waals surface area contributed by atoms with E-state index in [0.717, 1.165) is 35.4 Å². The van der Waals surface area contributed by atoms with Crippen molar-refractivity contribution in [1.82, 2.24) is 14.5 Å². The number of benzene rings is 1. The fourth-order valence-electron chi connectivity index (χ4n) is 3.43. The number of carbonyl (C=O) groups is 1. The monoisotopic (exact) mass is 299 g/mol. The van der Waals surface area contributed by atoms with Crippen LogP contribution in [-0.4, -0.2) is 46.7 Å². The second kappa shape index (κ2) is 5.39. The minimum atomic E-state index is 0.0875. The third-order valence-electron chi connectivity index (χ3n) is 4.75. The van der Waals surface area contributed by atoms with Crippen molar-refractivity contribution in [2.45, 2.75) is 26.3 Å². The van der Waals surface area contributed by atoms with E-state index in [-0.39, 0.29) is 5.91 Å². The van der Waals surface area contributed by atoms with E-state index >= 15 is 0 Å². The quantitative estimate of drug-likeness (QED) is 0.810. The molecule has 116 valence electrons. The van der Waals surface area contributed by atoms with Crippen molar-refractivity contribution >= 4 is 16.9 Å². The first-order chi connectivity index (χ1) is 10.7. The van der Waals surface area contributed by atoms with Crippen LogP contribution in [0.1, 0.15) is 29.5 Å². The smallest absolute Gasteiger partial charge is 0.254 e. The van der Waals surface area contributed by atoms with Crippen molar-refractivity contribution in [2.24, 2.45) is 5.92 Å². The van der Waals surface area contributed by atoms with Gasteiger partial charge in [-0.2, -0.15) is 0 Å². The van der Waals surface area contributed by atoms with Crippen LogP contribution < -0.4 is 0 Å². The second-order valence-corrected chi connectivity index (χ2v) is 6.39. The molecule has 1 saturated heterocycles. The fourth-order valence-corrected chi connectivity index (χ4v) is 3.43. The normalized spacial score (nSPS) is 21.9. The number of carbonyl (C=O) groups excluding carboxylic acids is 1. The lowest BCUT2D eigenvalue weighted by Gasteiger charge is -2.26. The van der Waals surface area contributed by atoms with Crippen LogP contribution in [0, 0.1) is 5.92 Å². The van der Waals surface area contributed by atoms with Crippen LogP contribution in [0.2, 0.25) is 0 Å². The summed E-state index contributed by atoms with van der Waals surface area (Å²) in [5, 5.41) is 0. The molecule has 0 spiro atoms. The van der Waals surface area contributed by atoms with Gasteiger partial charge in [0, 0.05) is 31.6 Å². The molecule has 0 bridgehead atoms. The molecule has 0 saturated carbocycles. The maximum atomic E-state index is 12.6. The van der Waals surface area contributed by atoms with Gasteiger partial charge in [-0.05, 0) is 30.5 Å². The number of imidazole rings is 1. The highest BCUT2D eigenvalue weighted by molar-refractivity contribution is 5.97. The molecule has 3 heterocycles. The van der Waals surface area contributed by atoms with E-state index in [1.165, 1.54) is 6.42 Å². The number of rotatable bonds is 1. The minimum absolute atomic E-state index is 0.0875. The number of fused-ring (bicyclic) bond motifs is 3. The Morgan fingerprint density at radius 3 is 2.91 bits per heavy atom. The van der Waals surface area contributed by atoms with E-state index in [1.54, 1.807) is 0 Å². The summed E-state index contributed by atoms with van der Waals surface area (Å²) in [5.41, 5.74) is 2.83. The highest BCUT2D eigenvalue weighted by atomic mass is 16.5. The molecule has 1 unspecified atom stereocenters. The first kappa shape index (κ1) is 13.8. The number of aromatic nitrogens is 2. The third kappa shape index (κ3) is 2.29. The first-order valence-electron chi connectivity index (χ1n) is 8.08. The zero-order valence-corrected chi connectivity index (χ0v) is 12.9. The van der Waals surface area contributed by atoms with Gasteiger partial charge in [0.2, 0.25) is 0 Å². The lowest BCUT2D eigenvalue weighted by molar-refractivity contribution is 0.0303. The van der Waals surface area contributed by atoms with Crippen molar-refractivity contribution in [2.75, 3.05) is 26.3 Å². The van der Waals surface area contributed by atoms with Crippen LogP contribution in [-0.2, 0) is 17.7 Å². The molecule has 1 fully saturated rings. The second-order valence-electron chi connectivity index (χ2n) is 6.39. The van der Waals surface area contributed by atoms with Crippen LogP contribution in [0.15, 0.2) is 18.2 Å². The molecular weight excluding hydrogens is 278 g/mol. The summed E-state index contributed by atoms with van der Waals surface area (Å²) in [4.78, 5) is 19.2. The summed E-state index contributed by atoms with van der Waals surface area (Å²) in [6, 6.07) is 5.94. The van der Waals surface area contributed by atoms with Crippen molar-refractivity contribution in [3.63, 3.8) is 0 Å². The van der Waals surface area contributed by atoms with Gasteiger partial charge in [-0.3, -0.25) is 4.79 Å². The molecule has 5 nitrogen and oxygen atoms in total. The average Bonchev–Trinajstić information content (AvgIpc) is 2.91. The van der Waals surface area contributed by atoms with Gasteiger partial charge in [0.05, 0.1) is 24.2 Å². The number of hydrogen-bond acceptors (Lipinski definition) is 3. The number of hydrogen-bond donors (Lipinski definition) is 0. The maximum absolute atomic E-state index is 12.6. The molecule has 1 amide bonds. The molecule has 5 heteroatoms. The zero-order valence-electron chi connectivity index (χ0n) is 12.9. The molecule has 0 N–H and O–H groups in total. The number of aryl methyl sites for hydroxylation is 1. The molecule has 0 aliphatic carbocycles. The first-order valence-corrected chi connectivity index (χ1v) is 8.08. The SMILES string of the molecule is CC1CCn2c(nc3cc(C(=O)N4CCOCC4)ccc32)C1. The van der Waals surface area contributed by atoms with Crippen LogP contribution in [0.4, 0.5) is 0 Å². The number of nitrogens with zero attached hydrogens (tertiary/aromatic N) is 3. The summed E-state index contributed by atoms with van der Waals surface area (Å²) in [5.74, 6) is 1.94. The largest absolute Gasteiger partial charge is 0.378 e. The van der Waals surface area contributed by atoms with Gasteiger partial charge in [-0.1, -0.05) is 6.92 Å². The Morgan fingerprint density at radius 2 is 2.09 bits per heavy atom. The van der Waals surface area contributed by atoms with Crippen molar-refractivity contribution < 1.29 is 9.53 Å². The lowest BCUT2D eigenvalue weighted by Crippen LogP contribution is -2.40. The van der Waals surface area contributed by atoms with Crippen LogP contribution in [0.5, 0.6) is 0 Å². The number of morpholine rings is 1. The molecular formula is C17H21N3O2. The Labute approximate surface area is 129 Å². The van der Waals surface area contributed by atoms with E-state index in [4.69, 9.17) is 9.72 Å². The summed E-state index contributed by atoms with van der Waals surface area (Å²) in [6.07, 6.45) is 2.23. The van der Waals surface area contributed by atoms with Gasteiger partial charge >= 0.3 is 0 Å². The van der Waals surface area contributed by atoms with Crippen molar-refractivity contribution in [3.05, 3.63) is 29.6 Å². The molecule has 1 aromatic heterocycles. The van der Waals surface area contributed by atoms with Gasteiger partial charge in [-0.15, -0.1) is 0 Å². The lowest BCUT2D eigenvalue weighted by atomic mass is 10.0. The Bertz CT molecular complexity index is 716. The molecule has 2 aromatic rings. The van der Waals surface area contributed by atoms with E-state index in [1.807, 2.05) is 17.0 Å². The Hall–Kier alpha value is -1.88. The zero-order chi connectivity index (χ0) is 15.1. The summed E-state index contributed by atoms with van der Waals surface area (Å²) < 4.78 is 7.62. The van der Waals surface area contributed by atoms with E-state index in [2.05, 4.69) is 17.6 Å². The van der Waals surface area contributed by atoms with E-state index in [0.29, 0.717) is 32.2 Å². The van der Waals surface area contributed by atoms with Crippen LogP contribution in [0.25, 0.3) is 11.0 Å². The number of ether oxygens (including phenoxy) is 1. The minimum Gasteiger partial charge on any atom is -0.378 e. The Balaban J connectivity index is 1.67. The third-order valence-corrected chi connectivity index (χ3v) is 4.75. The molecule has 4 rings (SSSR count). The summed E-state index contributed by atoms with van der Waals surface area (Å²) in [6.45, 7) is 5.91. The van der Waals surface area contributed by atoms with E-state index < -0.39 is 0 Å². The fraction of sp³-hybridized carbons (Fsp3) is 0.529. The van der Waals surface area contributed by atoms with E-state index in [9.17, 15) is 4.79 Å². The highest BCUT2D eigenvalue weighted by Crippen LogP contribution is 2.26. The van der Waals surface area contributed by atoms with Crippen molar-refractivity contribution in [3.8, 4) is 0 Å². The van der Waals surface area contributed by atoms with Crippen molar-refractivity contribution in [1.29, 1.82) is 0 Å². The summed E-state index contributed by atoms with van der Waals surface area (Å²) in [7, 11) is 0. The average molecular weight is 299 g/mol. The Morgan fingerprint density at radius 1 is 1.27 bits per heavy atom. The molecule has 0 radical (unpaired) electrons. The maximum Gasteiger partial charge on any atom is 0.254 e. The molecule has 2 aliphatic heterocycles. The van der Waals surface area contributed by atoms with Gasteiger partial charge in [0.25, 0.3) is 5.91 Å². The number of amides is 1. The van der Waals surface area contributed by atoms with Gasteiger partial charge < -0.3 is 14.2 Å². The van der Waals surface area contributed by atoms with Gasteiger partial charge in [0.1, 0.15) is 5.82 Å². The van der Waals surface area contributed by atoms with Crippen LogP contribution >= 0.6 is 0 Å². The Kier molecular flexibility index (Phi) is 3.37. The molecule has 2 aliphatic rings. The standard InChI is InChI=1S/C17H21N3O2/c1-12-4-5-20-15-3-2-13(11-14(15)18-16(20)10-12)17(21)19-6-8-22-9-7-19/h2-3,11-12H,4-10H2,1H3. The highest BCUT2D eigenvalue weighted by Gasteiger charge is 2.22. The summed E-state index contributed by atoms with van der Waals surface area (Å²) >= 11 is 0. The molecule has 1 aromatic carbocycles. The predicted molar refractivity (Wildman–Crippen MR) is 83.9 cm³/mol. The topological polar surface area (TPSA) is 47.4 Å². The molecule has 1 atom stereocenters. The molecule has 22 heavy (non-hydrogen) atoms.